The highest BCUT2D eigenvalue weighted by molar-refractivity contribution is 6.28. The molecule has 0 unspecified atom stereocenters. The van der Waals surface area contributed by atoms with Crippen LogP contribution in [0.1, 0.15) is 42.0 Å². The van der Waals surface area contributed by atoms with Gasteiger partial charge in [-0.25, -0.2) is 0 Å². The van der Waals surface area contributed by atoms with E-state index < -0.39 is 0 Å². The van der Waals surface area contributed by atoms with Gasteiger partial charge < -0.3 is 10.2 Å². The lowest BCUT2D eigenvalue weighted by Gasteiger charge is -2.25. The first kappa shape index (κ1) is 20.4. The highest BCUT2D eigenvalue weighted by Gasteiger charge is 2.33. The lowest BCUT2D eigenvalue weighted by Crippen LogP contribution is -2.28. The maximum absolute atomic E-state index is 13.0. The van der Waals surface area contributed by atoms with E-state index in [9.17, 15) is 15.0 Å². The second-order valence-electron chi connectivity index (χ2n) is 7.88. The molecular formula is C26H24N2O3. The van der Waals surface area contributed by atoms with E-state index in [1.807, 2.05) is 62.1 Å². The number of nitrogens with zero attached hydrogens (tertiary/aromatic N) is 2. The number of phenolic OH excluding ortho intramolecular Hbond substituents is 2. The number of aromatic hydroxyl groups is 2. The lowest BCUT2D eigenvalue weighted by molar-refractivity contribution is -0.113. The molecule has 3 aromatic carbocycles. The van der Waals surface area contributed by atoms with Crippen molar-refractivity contribution in [2.75, 3.05) is 4.90 Å². The Balaban J connectivity index is 1.95. The minimum Gasteiger partial charge on any atom is -0.508 e. The molecule has 0 saturated heterocycles. The molecule has 1 heterocycles. The number of hydrogen-bond acceptors (Lipinski definition) is 4. The predicted molar refractivity (Wildman–Crippen MR) is 123 cm³/mol. The molecule has 5 nitrogen and oxygen atoms in total. The zero-order chi connectivity index (χ0) is 22.1. The molecule has 0 bridgehead atoms. The van der Waals surface area contributed by atoms with Crippen LogP contribution in [0.2, 0.25) is 0 Å². The van der Waals surface area contributed by atoms with Gasteiger partial charge in [0.2, 0.25) is 0 Å². The van der Waals surface area contributed by atoms with Crippen LogP contribution in [0.4, 0.5) is 5.69 Å². The highest BCUT2D eigenvalue weighted by Crippen LogP contribution is 2.38. The first-order valence-corrected chi connectivity index (χ1v) is 10.2. The second-order valence-corrected chi connectivity index (χ2v) is 7.88. The van der Waals surface area contributed by atoms with Crippen molar-refractivity contribution in [1.29, 1.82) is 0 Å². The van der Waals surface area contributed by atoms with E-state index in [2.05, 4.69) is 4.99 Å². The number of phenols is 2. The van der Waals surface area contributed by atoms with E-state index in [1.54, 1.807) is 36.4 Å². The van der Waals surface area contributed by atoms with E-state index in [-0.39, 0.29) is 23.3 Å². The van der Waals surface area contributed by atoms with E-state index in [4.69, 9.17) is 0 Å². The largest absolute Gasteiger partial charge is 0.508 e. The number of anilines is 1. The molecule has 156 valence electrons. The summed E-state index contributed by atoms with van der Waals surface area (Å²) in [6.45, 7) is 5.91. The number of hydrogen-bond donors (Lipinski definition) is 2. The number of para-hydroxylation sites is 1. The summed E-state index contributed by atoms with van der Waals surface area (Å²) < 4.78 is 0. The molecule has 0 spiro atoms. The van der Waals surface area contributed by atoms with Gasteiger partial charge >= 0.3 is 0 Å². The summed E-state index contributed by atoms with van der Waals surface area (Å²) in [5.41, 5.74) is 4.02. The van der Waals surface area contributed by atoms with Crippen molar-refractivity contribution in [3.05, 3.63) is 94.7 Å². The van der Waals surface area contributed by atoms with Crippen molar-refractivity contribution < 1.29 is 15.0 Å². The van der Waals surface area contributed by atoms with Gasteiger partial charge in [-0.15, -0.1) is 0 Å². The van der Waals surface area contributed by atoms with Gasteiger partial charge in [-0.3, -0.25) is 9.69 Å². The minimum absolute atomic E-state index is 0.0845. The third-order valence-corrected chi connectivity index (χ3v) is 5.35. The van der Waals surface area contributed by atoms with Crippen molar-refractivity contribution in [2.45, 2.75) is 26.7 Å². The molecule has 0 radical (unpaired) electrons. The van der Waals surface area contributed by atoms with E-state index in [0.29, 0.717) is 17.1 Å². The number of carbonyl (C=O) groups excluding carboxylic acids is 1. The number of carbonyl (C=O) groups is 1. The molecule has 1 amide bonds. The summed E-state index contributed by atoms with van der Waals surface area (Å²) in [6, 6.07) is 20.0. The van der Waals surface area contributed by atoms with Gasteiger partial charge in [-0.1, -0.05) is 62.4 Å². The Morgan fingerprint density at radius 3 is 2.29 bits per heavy atom. The van der Waals surface area contributed by atoms with Crippen LogP contribution in [0, 0.1) is 6.92 Å². The maximum Gasteiger partial charge on any atom is 0.296 e. The minimum atomic E-state index is -0.388. The standard InChI is InChI=1S/C26H24N2O3/c1-16(2)20-15-21(17(3)13-24(20)30)28-22(14-19-11-7-8-12-23(19)29)26(31)27-25(28)18-9-5-4-6-10-18/h4-16,29-30H,1-3H3/b22-14+. The first-order valence-electron chi connectivity index (χ1n) is 10.2. The Morgan fingerprint density at radius 2 is 1.61 bits per heavy atom. The number of aliphatic imine (C=N–C) groups is 1. The van der Waals surface area contributed by atoms with Crippen LogP contribution in [-0.4, -0.2) is 22.0 Å². The average Bonchev–Trinajstić information content (AvgIpc) is 3.06. The maximum atomic E-state index is 13.0. The third-order valence-electron chi connectivity index (χ3n) is 5.35. The molecule has 2 N–H and O–H groups in total. The van der Waals surface area contributed by atoms with Crippen LogP contribution in [0.5, 0.6) is 11.5 Å². The number of aryl methyl sites for hydroxylation is 1. The molecule has 0 aliphatic carbocycles. The molecule has 0 fully saturated rings. The second kappa shape index (κ2) is 8.11. The van der Waals surface area contributed by atoms with Crippen molar-refractivity contribution in [3.8, 4) is 11.5 Å². The average molecular weight is 412 g/mol. The van der Waals surface area contributed by atoms with Crippen molar-refractivity contribution in [1.82, 2.24) is 0 Å². The molecule has 0 aromatic heterocycles. The van der Waals surface area contributed by atoms with Gasteiger partial charge in [0, 0.05) is 11.1 Å². The number of rotatable bonds is 4. The van der Waals surface area contributed by atoms with Crippen LogP contribution >= 0.6 is 0 Å². The van der Waals surface area contributed by atoms with E-state index in [1.165, 1.54) is 0 Å². The Labute approximate surface area is 181 Å². The Morgan fingerprint density at radius 1 is 0.935 bits per heavy atom. The van der Waals surface area contributed by atoms with E-state index in [0.717, 1.165) is 22.4 Å². The molecule has 4 rings (SSSR count). The zero-order valence-corrected chi connectivity index (χ0v) is 17.7. The Hall–Kier alpha value is -3.86. The molecule has 0 saturated carbocycles. The monoisotopic (exact) mass is 412 g/mol. The van der Waals surface area contributed by atoms with Gasteiger partial charge in [0.05, 0.1) is 5.69 Å². The lowest BCUT2D eigenvalue weighted by atomic mass is 9.98. The molecule has 31 heavy (non-hydrogen) atoms. The molecule has 1 aliphatic heterocycles. The molecule has 3 aromatic rings. The van der Waals surface area contributed by atoms with Crippen molar-refractivity contribution in [2.24, 2.45) is 4.99 Å². The van der Waals surface area contributed by atoms with Crippen molar-refractivity contribution in [3.63, 3.8) is 0 Å². The first-order chi connectivity index (χ1) is 14.9. The fourth-order valence-electron chi connectivity index (χ4n) is 3.72. The van der Waals surface area contributed by atoms with Crippen molar-refractivity contribution >= 4 is 23.5 Å². The summed E-state index contributed by atoms with van der Waals surface area (Å²) >= 11 is 0. The van der Waals surface area contributed by atoms with Gasteiger partial charge in [-0.2, -0.15) is 4.99 Å². The number of amides is 1. The van der Waals surface area contributed by atoms with Gasteiger partial charge in [0.15, 0.2) is 0 Å². The fourth-order valence-corrected chi connectivity index (χ4v) is 3.72. The fraction of sp³-hybridized carbons (Fsp3) is 0.154. The Kier molecular flexibility index (Phi) is 5.34. The van der Waals surface area contributed by atoms with Crippen LogP contribution in [0.15, 0.2) is 77.4 Å². The van der Waals surface area contributed by atoms with Crippen LogP contribution < -0.4 is 4.90 Å². The van der Waals surface area contributed by atoms with Crippen LogP contribution in [-0.2, 0) is 4.79 Å². The molecule has 0 atom stereocenters. The van der Waals surface area contributed by atoms with Gasteiger partial charge in [-0.05, 0) is 48.2 Å². The molecule has 1 aliphatic rings. The van der Waals surface area contributed by atoms with E-state index >= 15 is 0 Å². The summed E-state index contributed by atoms with van der Waals surface area (Å²) in [7, 11) is 0. The smallest absolute Gasteiger partial charge is 0.296 e. The third kappa shape index (κ3) is 3.82. The van der Waals surface area contributed by atoms with Crippen LogP contribution in [0.25, 0.3) is 6.08 Å². The topological polar surface area (TPSA) is 73.1 Å². The zero-order valence-electron chi connectivity index (χ0n) is 17.7. The predicted octanol–water partition coefficient (Wildman–Crippen LogP) is 5.36. The summed E-state index contributed by atoms with van der Waals surface area (Å²) in [5.74, 6) is 0.532. The Bertz CT molecular complexity index is 1210. The molecule has 5 heteroatoms. The molecular weight excluding hydrogens is 388 g/mol. The summed E-state index contributed by atoms with van der Waals surface area (Å²) in [5, 5.41) is 20.7. The summed E-state index contributed by atoms with van der Waals surface area (Å²) in [4.78, 5) is 19.2. The van der Waals surface area contributed by atoms with Gasteiger partial charge in [0.1, 0.15) is 23.0 Å². The normalized spacial score (nSPS) is 15.1. The SMILES string of the molecule is Cc1cc(O)c(C(C)C)cc1N1C(c2ccccc2)=NC(=O)/C1=C\c1ccccc1O. The highest BCUT2D eigenvalue weighted by atomic mass is 16.3. The van der Waals surface area contributed by atoms with Gasteiger partial charge in [0.25, 0.3) is 5.91 Å². The quantitative estimate of drug-likeness (QED) is 0.566. The summed E-state index contributed by atoms with van der Waals surface area (Å²) in [6.07, 6.45) is 1.65. The number of amidine groups is 1. The van der Waals surface area contributed by atoms with Crippen LogP contribution in [0.3, 0.4) is 0 Å². The number of benzene rings is 3.